The van der Waals surface area contributed by atoms with Gasteiger partial charge in [-0.25, -0.2) is 8.42 Å². The third-order valence-electron chi connectivity index (χ3n) is 3.09. The number of ether oxygens (including phenoxy) is 1. The van der Waals surface area contributed by atoms with Crippen LogP contribution in [0, 0.1) is 12.8 Å². The highest BCUT2D eigenvalue weighted by Crippen LogP contribution is 2.35. The number of aryl methyl sites for hydroxylation is 1. The van der Waals surface area contributed by atoms with Gasteiger partial charge in [-0.15, -0.1) is 0 Å². The van der Waals surface area contributed by atoms with Crippen molar-refractivity contribution >= 4 is 31.3 Å². The van der Waals surface area contributed by atoms with Crippen LogP contribution in [0.4, 0.5) is 5.69 Å². The molecule has 0 fully saturated rings. The fourth-order valence-corrected chi connectivity index (χ4v) is 3.13. The maximum atomic E-state index is 12.1. The van der Waals surface area contributed by atoms with Crippen LogP contribution in [-0.2, 0) is 13.8 Å². The molecule has 0 aromatic heterocycles. The van der Waals surface area contributed by atoms with Gasteiger partial charge in [0.2, 0.25) is 5.91 Å². The van der Waals surface area contributed by atoms with Crippen molar-refractivity contribution in [3.05, 3.63) is 17.7 Å². The lowest BCUT2D eigenvalue weighted by molar-refractivity contribution is -0.119. The zero-order valence-electron chi connectivity index (χ0n) is 12.6. The molecule has 1 unspecified atom stereocenters. The van der Waals surface area contributed by atoms with Gasteiger partial charge in [0.15, 0.2) is 5.75 Å². The van der Waals surface area contributed by atoms with E-state index < -0.39 is 9.05 Å². The Bertz CT molecular complexity index is 628. The topological polar surface area (TPSA) is 72.5 Å². The van der Waals surface area contributed by atoms with Crippen molar-refractivity contribution in [3.63, 3.8) is 0 Å². The quantitative estimate of drug-likeness (QED) is 0.811. The minimum absolute atomic E-state index is 0.0487. The highest BCUT2D eigenvalue weighted by atomic mass is 35.7. The van der Waals surface area contributed by atoms with Gasteiger partial charge >= 0.3 is 0 Å². The zero-order valence-corrected chi connectivity index (χ0v) is 14.1. The van der Waals surface area contributed by atoms with Gasteiger partial charge in [-0.1, -0.05) is 20.3 Å². The molecule has 0 aliphatic rings. The number of nitrogens with one attached hydrogen (secondary N) is 1. The van der Waals surface area contributed by atoms with Crippen LogP contribution < -0.4 is 10.1 Å². The van der Waals surface area contributed by atoms with Gasteiger partial charge in [-0.2, -0.15) is 0 Å². The molecule has 0 saturated heterocycles. The van der Waals surface area contributed by atoms with Crippen LogP contribution >= 0.6 is 10.7 Å². The third kappa shape index (κ3) is 4.61. The number of amides is 1. The molecule has 1 N–H and O–H groups in total. The van der Waals surface area contributed by atoms with E-state index in [-0.39, 0.29) is 22.5 Å². The molecular formula is C14H20ClNO4S. The normalized spacial score (nSPS) is 12.8. The van der Waals surface area contributed by atoms with Gasteiger partial charge in [0, 0.05) is 16.6 Å². The zero-order chi connectivity index (χ0) is 16.2. The van der Waals surface area contributed by atoms with E-state index in [1.807, 2.05) is 13.8 Å². The molecule has 0 bridgehead atoms. The molecule has 118 valence electrons. The first kappa shape index (κ1) is 17.8. The highest BCUT2D eigenvalue weighted by molar-refractivity contribution is 8.13. The fraction of sp³-hybridized carbons (Fsp3) is 0.500. The van der Waals surface area contributed by atoms with Crippen LogP contribution in [0.25, 0.3) is 0 Å². The average Bonchev–Trinajstić information content (AvgIpc) is 2.37. The van der Waals surface area contributed by atoms with Crippen molar-refractivity contribution < 1.29 is 17.9 Å². The summed E-state index contributed by atoms with van der Waals surface area (Å²) in [4.78, 5) is 11.9. The maximum absolute atomic E-state index is 12.1. The summed E-state index contributed by atoms with van der Waals surface area (Å²) >= 11 is 0. The van der Waals surface area contributed by atoms with Gasteiger partial charge in [-0.05, 0) is 31.0 Å². The first-order chi connectivity index (χ1) is 9.70. The largest absolute Gasteiger partial charge is 0.493 e. The van der Waals surface area contributed by atoms with E-state index in [2.05, 4.69) is 5.32 Å². The minimum Gasteiger partial charge on any atom is -0.493 e. The SMILES string of the molecule is CCCC(C)C(=O)Nc1cc(C)cc(S(=O)(=O)Cl)c1OC. The number of anilines is 1. The lowest BCUT2D eigenvalue weighted by atomic mass is 10.1. The van der Waals surface area contributed by atoms with Crippen molar-refractivity contribution in [2.24, 2.45) is 5.92 Å². The van der Waals surface area contributed by atoms with Crippen LogP contribution in [0.1, 0.15) is 32.3 Å². The van der Waals surface area contributed by atoms with Crippen molar-refractivity contribution in [1.29, 1.82) is 0 Å². The Morgan fingerprint density at radius 2 is 2.05 bits per heavy atom. The average molecular weight is 334 g/mol. The van der Waals surface area contributed by atoms with Crippen molar-refractivity contribution in [1.82, 2.24) is 0 Å². The van der Waals surface area contributed by atoms with E-state index in [0.29, 0.717) is 11.3 Å². The molecule has 21 heavy (non-hydrogen) atoms. The lowest BCUT2D eigenvalue weighted by Crippen LogP contribution is -2.21. The Morgan fingerprint density at radius 3 is 2.52 bits per heavy atom. The van der Waals surface area contributed by atoms with E-state index in [1.54, 1.807) is 13.0 Å². The monoisotopic (exact) mass is 333 g/mol. The summed E-state index contributed by atoms with van der Waals surface area (Å²) in [6.07, 6.45) is 1.64. The molecule has 0 radical (unpaired) electrons. The van der Waals surface area contributed by atoms with E-state index in [0.717, 1.165) is 12.8 Å². The number of carbonyl (C=O) groups is 1. The first-order valence-corrected chi connectivity index (χ1v) is 8.95. The number of rotatable bonds is 6. The summed E-state index contributed by atoms with van der Waals surface area (Å²) < 4.78 is 28.3. The molecule has 5 nitrogen and oxygen atoms in total. The molecule has 1 atom stereocenters. The standard InChI is InChI=1S/C14H20ClNO4S/c1-5-6-10(3)14(17)16-11-7-9(2)8-12(13(11)20-4)21(15,18)19/h7-8,10H,5-6H2,1-4H3,(H,16,17). The minimum atomic E-state index is -3.96. The predicted octanol–water partition coefficient (Wildman–Crippen LogP) is 3.31. The molecule has 0 spiro atoms. The molecular weight excluding hydrogens is 314 g/mol. The van der Waals surface area contributed by atoms with Crippen LogP contribution in [0.5, 0.6) is 5.75 Å². The summed E-state index contributed by atoms with van der Waals surface area (Å²) in [5.74, 6) is -0.303. The number of methoxy groups -OCH3 is 1. The second kappa shape index (κ2) is 7.13. The highest BCUT2D eigenvalue weighted by Gasteiger charge is 2.22. The molecule has 1 aromatic rings. The summed E-state index contributed by atoms with van der Waals surface area (Å²) in [7, 11) is 2.79. The van der Waals surface area contributed by atoms with E-state index in [1.165, 1.54) is 13.2 Å². The molecule has 1 amide bonds. The van der Waals surface area contributed by atoms with Gasteiger partial charge in [0.25, 0.3) is 9.05 Å². The smallest absolute Gasteiger partial charge is 0.265 e. The Balaban J connectivity index is 3.24. The third-order valence-corrected chi connectivity index (χ3v) is 4.42. The molecule has 0 heterocycles. The van der Waals surface area contributed by atoms with Crippen molar-refractivity contribution in [3.8, 4) is 5.75 Å². The van der Waals surface area contributed by atoms with Gasteiger partial charge < -0.3 is 10.1 Å². The van der Waals surface area contributed by atoms with Crippen LogP contribution in [-0.4, -0.2) is 21.4 Å². The van der Waals surface area contributed by atoms with Crippen molar-refractivity contribution in [2.75, 3.05) is 12.4 Å². The number of carbonyl (C=O) groups excluding carboxylic acids is 1. The first-order valence-electron chi connectivity index (χ1n) is 6.64. The number of hydrogen-bond donors (Lipinski definition) is 1. The summed E-state index contributed by atoms with van der Waals surface area (Å²) in [6, 6.07) is 3.06. The van der Waals surface area contributed by atoms with Crippen LogP contribution in [0.2, 0.25) is 0 Å². The molecule has 0 aliphatic heterocycles. The molecule has 1 rings (SSSR count). The number of halogens is 1. The molecule has 1 aromatic carbocycles. The maximum Gasteiger partial charge on any atom is 0.265 e. The molecule has 0 saturated carbocycles. The van der Waals surface area contributed by atoms with Gasteiger partial charge in [0.05, 0.1) is 12.8 Å². The second-order valence-electron chi connectivity index (χ2n) is 4.96. The molecule has 0 aliphatic carbocycles. The summed E-state index contributed by atoms with van der Waals surface area (Å²) in [5.41, 5.74) is 0.971. The van der Waals surface area contributed by atoms with Crippen molar-refractivity contribution in [2.45, 2.75) is 38.5 Å². The van der Waals surface area contributed by atoms with E-state index in [4.69, 9.17) is 15.4 Å². The van der Waals surface area contributed by atoms with E-state index in [9.17, 15) is 13.2 Å². The number of hydrogen-bond acceptors (Lipinski definition) is 4. The van der Waals surface area contributed by atoms with Crippen LogP contribution in [0.15, 0.2) is 17.0 Å². The Morgan fingerprint density at radius 1 is 1.43 bits per heavy atom. The Hall–Kier alpha value is -1.27. The Labute approximate surface area is 130 Å². The molecule has 7 heteroatoms. The summed E-state index contributed by atoms with van der Waals surface area (Å²) in [5, 5.41) is 2.71. The predicted molar refractivity (Wildman–Crippen MR) is 83.5 cm³/mol. The number of benzene rings is 1. The van der Waals surface area contributed by atoms with E-state index >= 15 is 0 Å². The van der Waals surface area contributed by atoms with Gasteiger partial charge in [-0.3, -0.25) is 4.79 Å². The van der Waals surface area contributed by atoms with Gasteiger partial charge in [0.1, 0.15) is 4.90 Å². The fourth-order valence-electron chi connectivity index (χ4n) is 2.04. The summed E-state index contributed by atoms with van der Waals surface area (Å²) in [6.45, 7) is 5.53. The van der Waals surface area contributed by atoms with Crippen LogP contribution in [0.3, 0.4) is 0 Å². The lowest BCUT2D eigenvalue weighted by Gasteiger charge is -2.16. The Kier molecular flexibility index (Phi) is 6.04. The second-order valence-corrected chi connectivity index (χ2v) is 7.50.